The third-order valence-electron chi connectivity index (χ3n) is 11.7. The van der Waals surface area contributed by atoms with Gasteiger partial charge in [-0.3, -0.25) is 9.69 Å². The molecule has 4 aliphatic rings. The summed E-state index contributed by atoms with van der Waals surface area (Å²) in [5.41, 5.74) is 1.39. The van der Waals surface area contributed by atoms with Gasteiger partial charge >= 0.3 is 6.09 Å². The van der Waals surface area contributed by atoms with Crippen molar-refractivity contribution < 1.29 is 42.4 Å². The standard InChI is InChI=1S/C40H57N3O9S/c1-42(38-32-12-6-5-11-30(32)26-35(38)44)36(45)27-33(29-14-16-31(17-15-29)51-23-20-43-18-21-50-22-19-43)39(46)34(25-28-9-3-2-4-10-28)41-40(47)52-37-13-7-8-24-53(37,48)49/h5-6,11-12,14-17,28,33-35,37-39,44,46H,2-4,7-10,13,18-27H2,1H3,(H,41,47)/t33-,34-,35+,37?,38-,39-/m0/s1. The first-order chi connectivity index (χ1) is 25.6. The lowest BCUT2D eigenvalue weighted by molar-refractivity contribution is -0.135. The highest BCUT2D eigenvalue weighted by molar-refractivity contribution is 7.91. The van der Waals surface area contributed by atoms with E-state index >= 15 is 0 Å². The lowest BCUT2D eigenvalue weighted by Crippen LogP contribution is -2.49. The molecule has 3 N–H and O–H groups in total. The van der Waals surface area contributed by atoms with Crippen LogP contribution in [0.5, 0.6) is 5.75 Å². The Morgan fingerprint density at radius 3 is 2.45 bits per heavy atom. The largest absolute Gasteiger partial charge is 0.492 e. The maximum absolute atomic E-state index is 14.2. The van der Waals surface area contributed by atoms with Crippen molar-refractivity contribution in [3.05, 3.63) is 65.2 Å². The van der Waals surface area contributed by atoms with E-state index in [1.807, 2.05) is 48.5 Å². The van der Waals surface area contributed by atoms with Crippen LogP contribution in [0, 0.1) is 5.92 Å². The highest BCUT2D eigenvalue weighted by Gasteiger charge is 2.40. The van der Waals surface area contributed by atoms with E-state index in [9.17, 15) is 28.2 Å². The summed E-state index contributed by atoms with van der Waals surface area (Å²) in [7, 11) is -1.89. The lowest BCUT2D eigenvalue weighted by Gasteiger charge is -2.35. The summed E-state index contributed by atoms with van der Waals surface area (Å²) in [5.74, 6) is -0.113. The smallest absolute Gasteiger partial charge is 0.408 e. The molecule has 0 radical (unpaired) electrons. The number of rotatable bonds is 14. The second-order valence-electron chi connectivity index (χ2n) is 15.3. The van der Waals surface area contributed by atoms with Gasteiger partial charge in [-0.2, -0.15) is 0 Å². The maximum atomic E-state index is 14.2. The van der Waals surface area contributed by atoms with Crippen LogP contribution in [0.15, 0.2) is 48.5 Å². The summed E-state index contributed by atoms with van der Waals surface area (Å²) in [5, 5.41) is 26.2. The predicted octanol–water partition coefficient (Wildman–Crippen LogP) is 4.34. The van der Waals surface area contributed by atoms with E-state index in [1.54, 1.807) is 11.9 Å². The second kappa shape index (κ2) is 18.4. The zero-order chi connectivity index (χ0) is 37.4. The van der Waals surface area contributed by atoms with Gasteiger partial charge in [0, 0.05) is 45.4 Å². The van der Waals surface area contributed by atoms with Crippen LogP contribution >= 0.6 is 0 Å². The molecule has 3 fully saturated rings. The SMILES string of the molecule is CN(C(=O)C[C@@H](c1ccc(OCCN2CCOCC2)cc1)[C@H](O)[C@H](CC1CCCCC1)NC(=O)OC1CCCCS1(=O)=O)[C@H]1c2ccccc2C[C@H]1O. The number of fused-ring (bicyclic) bond motifs is 1. The maximum Gasteiger partial charge on any atom is 0.408 e. The number of amides is 2. The fourth-order valence-electron chi connectivity index (χ4n) is 8.58. The number of ether oxygens (including phenoxy) is 3. The molecule has 2 aromatic rings. The molecule has 1 unspecified atom stereocenters. The molecular formula is C40H57N3O9S. The minimum Gasteiger partial charge on any atom is -0.492 e. The van der Waals surface area contributed by atoms with Gasteiger partial charge in [0.15, 0.2) is 9.84 Å². The Hall–Kier alpha value is -3.23. The van der Waals surface area contributed by atoms with Gasteiger partial charge in [-0.1, -0.05) is 68.5 Å². The monoisotopic (exact) mass is 755 g/mol. The van der Waals surface area contributed by atoms with Gasteiger partial charge in [-0.15, -0.1) is 0 Å². The second-order valence-corrected chi connectivity index (χ2v) is 17.5. The molecule has 2 saturated heterocycles. The third-order valence-corrected chi connectivity index (χ3v) is 13.6. The van der Waals surface area contributed by atoms with Crippen molar-refractivity contribution in [2.75, 3.05) is 52.3 Å². The number of nitrogens with zero attached hydrogens (tertiary/aromatic N) is 2. The fourth-order valence-corrected chi connectivity index (χ4v) is 10.2. The van der Waals surface area contributed by atoms with Crippen molar-refractivity contribution in [3.8, 4) is 5.75 Å². The Labute approximate surface area is 314 Å². The fraction of sp³-hybridized carbons (Fsp3) is 0.650. The van der Waals surface area contributed by atoms with E-state index in [-0.39, 0.29) is 30.4 Å². The lowest BCUT2D eigenvalue weighted by atomic mass is 9.79. The predicted molar refractivity (Wildman–Crippen MR) is 200 cm³/mol. The molecule has 12 nitrogen and oxygen atoms in total. The van der Waals surface area contributed by atoms with Crippen molar-refractivity contribution in [1.82, 2.24) is 15.1 Å². The van der Waals surface area contributed by atoms with Gasteiger partial charge < -0.3 is 34.6 Å². The molecule has 0 aromatic heterocycles. The average Bonchev–Trinajstić information content (AvgIpc) is 3.50. The molecule has 2 aromatic carbocycles. The van der Waals surface area contributed by atoms with Crippen LogP contribution < -0.4 is 10.1 Å². The van der Waals surface area contributed by atoms with Gasteiger partial charge in [0.2, 0.25) is 11.3 Å². The molecule has 2 heterocycles. The van der Waals surface area contributed by atoms with Crippen molar-refractivity contribution in [1.29, 1.82) is 0 Å². The summed E-state index contributed by atoms with van der Waals surface area (Å²) < 4.78 is 42.4. The Bertz CT molecular complexity index is 1610. The highest BCUT2D eigenvalue weighted by Crippen LogP contribution is 2.38. The number of morpholine rings is 1. The number of alkyl carbamates (subject to hydrolysis) is 1. The number of carbonyl (C=O) groups is 2. The summed E-state index contributed by atoms with van der Waals surface area (Å²) in [6.45, 7) is 4.45. The molecule has 6 rings (SSSR count). The van der Waals surface area contributed by atoms with E-state index in [0.29, 0.717) is 56.8 Å². The van der Waals surface area contributed by atoms with Gasteiger partial charge in [-0.05, 0) is 60.4 Å². The summed E-state index contributed by atoms with van der Waals surface area (Å²) in [4.78, 5) is 31.4. The minimum absolute atomic E-state index is 0.0239. The number of carbonyl (C=O) groups excluding carboxylic acids is 2. The minimum atomic E-state index is -3.57. The summed E-state index contributed by atoms with van der Waals surface area (Å²) in [6, 6.07) is 13.8. The first-order valence-corrected chi connectivity index (χ1v) is 21.2. The van der Waals surface area contributed by atoms with Crippen molar-refractivity contribution in [2.24, 2.45) is 5.92 Å². The number of aliphatic hydroxyl groups is 2. The van der Waals surface area contributed by atoms with E-state index in [1.165, 1.54) is 0 Å². The highest BCUT2D eigenvalue weighted by atomic mass is 32.2. The molecule has 2 aliphatic carbocycles. The van der Waals surface area contributed by atoms with Gasteiger partial charge in [-0.25, -0.2) is 13.2 Å². The molecule has 53 heavy (non-hydrogen) atoms. The van der Waals surface area contributed by atoms with Crippen molar-refractivity contribution in [3.63, 3.8) is 0 Å². The Balaban J connectivity index is 1.23. The summed E-state index contributed by atoms with van der Waals surface area (Å²) >= 11 is 0. The van der Waals surface area contributed by atoms with Crippen LogP contribution in [0.25, 0.3) is 0 Å². The number of hydrogen-bond acceptors (Lipinski definition) is 10. The zero-order valence-corrected chi connectivity index (χ0v) is 31.8. The first kappa shape index (κ1) is 39.5. The van der Waals surface area contributed by atoms with E-state index < -0.39 is 51.6 Å². The molecule has 292 valence electrons. The Morgan fingerprint density at radius 1 is 1.00 bits per heavy atom. The number of likely N-dealkylation sites (N-methyl/N-ethyl adjacent to an activating group) is 1. The molecule has 0 bridgehead atoms. The van der Waals surface area contributed by atoms with Gasteiger partial charge in [0.25, 0.3) is 0 Å². The van der Waals surface area contributed by atoms with Crippen molar-refractivity contribution >= 4 is 21.8 Å². The zero-order valence-electron chi connectivity index (χ0n) is 30.9. The van der Waals surface area contributed by atoms with Crippen LogP contribution in [0.2, 0.25) is 0 Å². The molecule has 13 heteroatoms. The number of nitrogens with one attached hydrogen (secondary N) is 1. The van der Waals surface area contributed by atoms with Gasteiger partial charge in [0.05, 0.1) is 43.3 Å². The number of aliphatic hydroxyl groups excluding tert-OH is 2. The average molecular weight is 756 g/mol. The van der Waals surface area contributed by atoms with Crippen LogP contribution in [0.4, 0.5) is 4.79 Å². The van der Waals surface area contributed by atoms with Crippen LogP contribution in [0.3, 0.4) is 0 Å². The van der Waals surface area contributed by atoms with E-state index in [4.69, 9.17) is 14.2 Å². The van der Waals surface area contributed by atoms with Crippen LogP contribution in [-0.4, -0.2) is 116 Å². The van der Waals surface area contributed by atoms with Crippen molar-refractivity contribution in [2.45, 2.75) is 106 Å². The molecule has 2 amide bonds. The quantitative estimate of drug-likeness (QED) is 0.254. The van der Waals surface area contributed by atoms with Crippen LogP contribution in [0.1, 0.15) is 92.9 Å². The molecule has 6 atom stereocenters. The van der Waals surface area contributed by atoms with E-state index in [0.717, 1.165) is 62.9 Å². The Kier molecular flexibility index (Phi) is 13.7. The topological polar surface area (TPSA) is 155 Å². The van der Waals surface area contributed by atoms with Crippen LogP contribution in [-0.2, 0) is 30.5 Å². The van der Waals surface area contributed by atoms with Gasteiger partial charge in [0.1, 0.15) is 12.4 Å². The number of hydrogen-bond donors (Lipinski definition) is 3. The Morgan fingerprint density at radius 2 is 1.72 bits per heavy atom. The molecular weight excluding hydrogens is 699 g/mol. The van der Waals surface area contributed by atoms with E-state index in [2.05, 4.69) is 10.2 Å². The molecule has 2 aliphatic heterocycles. The number of benzene rings is 2. The third kappa shape index (κ3) is 10.3. The molecule has 0 spiro atoms. The summed E-state index contributed by atoms with van der Waals surface area (Å²) in [6.07, 6.45) is 4.58. The first-order valence-electron chi connectivity index (χ1n) is 19.5. The molecule has 1 saturated carbocycles. The number of sulfone groups is 1. The normalized spacial score (nSPS) is 25.1.